The third-order valence-corrected chi connectivity index (χ3v) is 2.88. The van der Waals surface area contributed by atoms with E-state index in [0.717, 1.165) is 28.9 Å². The van der Waals surface area contributed by atoms with Crippen LogP contribution < -0.4 is 0 Å². The number of hydrogen-bond donors (Lipinski definition) is 2. The highest BCUT2D eigenvalue weighted by Crippen LogP contribution is 2.23. The number of hydrogen-bond acceptors (Lipinski definition) is 3. The van der Waals surface area contributed by atoms with Crippen LogP contribution in [0.5, 0.6) is 0 Å². The predicted molar refractivity (Wildman–Crippen MR) is 68.8 cm³/mol. The van der Waals surface area contributed by atoms with Crippen LogP contribution in [0.15, 0.2) is 36.9 Å². The Morgan fingerprint density at radius 2 is 1.50 bits per heavy atom. The van der Waals surface area contributed by atoms with Gasteiger partial charge in [0.15, 0.2) is 0 Å². The van der Waals surface area contributed by atoms with E-state index in [4.69, 9.17) is 0 Å². The van der Waals surface area contributed by atoms with E-state index in [1.807, 2.05) is 12.4 Å². The van der Waals surface area contributed by atoms with Gasteiger partial charge in [0.1, 0.15) is 0 Å². The first-order valence-corrected chi connectivity index (χ1v) is 5.86. The van der Waals surface area contributed by atoms with Crippen LogP contribution in [0.4, 0.5) is 0 Å². The molecule has 0 amide bonds. The number of nitrogens with zero attached hydrogens (tertiary/aromatic N) is 3. The largest absolute Gasteiger partial charge is 0.285 e. The van der Waals surface area contributed by atoms with E-state index in [1.54, 1.807) is 12.4 Å². The minimum Gasteiger partial charge on any atom is -0.285 e. The van der Waals surface area contributed by atoms with Gasteiger partial charge in [-0.2, -0.15) is 10.2 Å². The summed E-state index contributed by atoms with van der Waals surface area (Å²) in [4.78, 5) is 4.65. The first kappa shape index (κ1) is 10.7. The molecule has 0 radical (unpaired) electrons. The second kappa shape index (κ2) is 4.44. The molecule has 0 aromatic carbocycles. The van der Waals surface area contributed by atoms with E-state index in [0.29, 0.717) is 0 Å². The van der Waals surface area contributed by atoms with Crippen molar-refractivity contribution in [3.8, 4) is 22.5 Å². The number of aromatic nitrogens is 5. The lowest BCUT2D eigenvalue weighted by Crippen LogP contribution is -1.91. The SMILES string of the molecule is CCc1cc(-c2cn[nH]c2)nc(-c2cn[nH]c2)c1. The molecular formula is C13H13N5. The molecule has 5 nitrogen and oxygen atoms in total. The van der Waals surface area contributed by atoms with Crippen molar-refractivity contribution < 1.29 is 0 Å². The Hall–Kier alpha value is -2.43. The van der Waals surface area contributed by atoms with Crippen LogP contribution in [-0.4, -0.2) is 25.4 Å². The van der Waals surface area contributed by atoms with Gasteiger partial charge in [-0.15, -0.1) is 0 Å². The van der Waals surface area contributed by atoms with Crippen molar-refractivity contribution in [2.45, 2.75) is 13.3 Å². The van der Waals surface area contributed by atoms with Gasteiger partial charge in [0, 0.05) is 23.5 Å². The molecule has 0 aliphatic carbocycles. The minimum atomic E-state index is 0.930. The summed E-state index contributed by atoms with van der Waals surface area (Å²) in [5.41, 5.74) is 5.10. The van der Waals surface area contributed by atoms with E-state index < -0.39 is 0 Å². The van der Waals surface area contributed by atoms with Gasteiger partial charge in [0.05, 0.1) is 23.8 Å². The Kier molecular flexibility index (Phi) is 2.64. The maximum atomic E-state index is 4.65. The lowest BCUT2D eigenvalue weighted by atomic mass is 10.1. The highest BCUT2D eigenvalue weighted by molar-refractivity contribution is 5.65. The molecule has 0 fully saturated rings. The number of pyridine rings is 1. The highest BCUT2D eigenvalue weighted by Gasteiger charge is 2.07. The van der Waals surface area contributed by atoms with E-state index in [2.05, 4.69) is 44.4 Å². The molecule has 0 aliphatic heterocycles. The van der Waals surface area contributed by atoms with Crippen LogP contribution in [0.3, 0.4) is 0 Å². The quantitative estimate of drug-likeness (QED) is 0.737. The zero-order valence-corrected chi connectivity index (χ0v) is 10.0. The lowest BCUT2D eigenvalue weighted by molar-refractivity contribution is 1.09. The molecule has 3 heterocycles. The average molecular weight is 239 g/mol. The second-order valence-electron chi connectivity index (χ2n) is 4.07. The molecule has 3 aromatic rings. The molecular weight excluding hydrogens is 226 g/mol. The van der Waals surface area contributed by atoms with E-state index in [1.165, 1.54) is 5.56 Å². The molecule has 0 saturated carbocycles. The summed E-state index contributed by atoms with van der Waals surface area (Å²) in [5.74, 6) is 0. The van der Waals surface area contributed by atoms with Crippen LogP contribution in [0.2, 0.25) is 0 Å². The smallest absolute Gasteiger partial charge is 0.0743 e. The van der Waals surface area contributed by atoms with Crippen LogP contribution in [0.25, 0.3) is 22.5 Å². The van der Waals surface area contributed by atoms with Crippen molar-refractivity contribution in [2.75, 3.05) is 0 Å². The maximum Gasteiger partial charge on any atom is 0.0743 e. The third kappa shape index (κ3) is 1.90. The van der Waals surface area contributed by atoms with Gasteiger partial charge >= 0.3 is 0 Å². The number of H-pyrrole nitrogens is 2. The molecule has 0 unspecified atom stereocenters. The summed E-state index contributed by atoms with van der Waals surface area (Å²) < 4.78 is 0. The Balaban J connectivity index is 2.13. The monoisotopic (exact) mass is 239 g/mol. The van der Waals surface area contributed by atoms with Crippen LogP contribution in [0, 0.1) is 0 Å². The number of aromatic amines is 2. The number of aryl methyl sites for hydroxylation is 1. The lowest BCUT2D eigenvalue weighted by Gasteiger charge is -2.05. The molecule has 5 heteroatoms. The van der Waals surface area contributed by atoms with Crippen LogP contribution >= 0.6 is 0 Å². The van der Waals surface area contributed by atoms with Gasteiger partial charge in [0.25, 0.3) is 0 Å². The molecule has 0 atom stereocenters. The van der Waals surface area contributed by atoms with Crippen molar-refractivity contribution in [1.82, 2.24) is 25.4 Å². The summed E-state index contributed by atoms with van der Waals surface area (Å²) in [6.45, 7) is 2.13. The molecule has 0 saturated heterocycles. The molecule has 0 aliphatic rings. The predicted octanol–water partition coefficient (Wildman–Crippen LogP) is 2.42. The zero-order valence-electron chi connectivity index (χ0n) is 10.0. The number of rotatable bonds is 3. The van der Waals surface area contributed by atoms with Crippen molar-refractivity contribution in [3.63, 3.8) is 0 Å². The van der Waals surface area contributed by atoms with Gasteiger partial charge in [-0.05, 0) is 24.1 Å². The maximum absolute atomic E-state index is 4.65. The van der Waals surface area contributed by atoms with Gasteiger partial charge in [-0.25, -0.2) is 4.98 Å². The van der Waals surface area contributed by atoms with E-state index in [9.17, 15) is 0 Å². The molecule has 3 rings (SSSR count). The van der Waals surface area contributed by atoms with Crippen LogP contribution in [-0.2, 0) is 6.42 Å². The fourth-order valence-electron chi connectivity index (χ4n) is 1.87. The Labute approximate surface area is 104 Å². The minimum absolute atomic E-state index is 0.930. The average Bonchev–Trinajstić information content (AvgIpc) is 3.10. The topological polar surface area (TPSA) is 70.2 Å². The van der Waals surface area contributed by atoms with Crippen molar-refractivity contribution in [1.29, 1.82) is 0 Å². The summed E-state index contributed by atoms with van der Waals surface area (Å²) in [6.07, 6.45) is 8.22. The first-order valence-electron chi connectivity index (χ1n) is 5.86. The fraction of sp³-hybridized carbons (Fsp3) is 0.154. The van der Waals surface area contributed by atoms with Crippen molar-refractivity contribution in [3.05, 3.63) is 42.5 Å². The van der Waals surface area contributed by atoms with Gasteiger partial charge in [-0.1, -0.05) is 6.92 Å². The van der Waals surface area contributed by atoms with Crippen LogP contribution in [0.1, 0.15) is 12.5 Å². The Morgan fingerprint density at radius 1 is 0.944 bits per heavy atom. The third-order valence-electron chi connectivity index (χ3n) is 2.88. The van der Waals surface area contributed by atoms with Gasteiger partial charge in [0.2, 0.25) is 0 Å². The van der Waals surface area contributed by atoms with Crippen molar-refractivity contribution >= 4 is 0 Å². The molecule has 0 spiro atoms. The summed E-state index contributed by atoms with van der Waals surface area (Å²) in [7, 11) is 0. The standard InChI is InChI=1S/C13H13N5/c1-2-9-3-12(10-5-14-15-6-10)18-13(4-9)11-7-16-17-8-11/h3-8H,2H2,1H3,(H,14,15)(H,16,17). The van der Waals surface area contributed by atoms with Crippen molar-refractivity contribution in [2.24, 2.45) is 0 Å². The van der Waals surface area contributed by atoms with Gasteiger partial charge < -0.3 is 0 Å². The molecule has 3 aromatic heterocycles. The Morgan fingerprint density at radius 3 is 1.89 bits per heavy atom. The summed E-state index contributed by atoms with van der Waals surface area (Å²) in [6, 6.07) is 4.18. The molecule has 2 N–H and O–H groups in total. The summed E-state index contributed by atoms with van der Waals surface area (Å²) >= 11 is 0. The molecule has 90 valence electrons. The first-order chi connectivity index (χ1) is 8.86. The molecule has 0 bridgehead atoms. The zero-order chi connectivity index (χ0) is 12.4. The van der Waals surface area contributed by atoms with Gasteiger partial charge in [-0.3, -0.25) is 10.2 Å². The Bertz CT molecular complexity index is 573. The van der Waals surface area contributed by atoms with E-state index >= 15 is 0 Å². The normalized spacial score (nSPS) is 10.7. The highest BCUT2D eigenvalue weighted by atomic mass is 15.1. The molecule has 18 heavy (non-hydrogen) atoms. The fourth-order valence-corrected chi connectivity index (χ4v) is 1.87. The number of nitrogens with one attached hydrogen (secondary N) is 2. The van der Waals surface area contributed by atoms with E-state index in [-0.39, 0.29) is 0 Å². The second-order valence-corrected chi connectivity index (χ2v) is 4.07. The summed E-state index contributed by atoms with van der Waals surface area (Å²) in [5, 5.41) is 13.5.